The lowest BCUT2D eigenvalue weighted by Crippen LogP contribution is -2.22. The van der Waals surface area contributed by atoms with Crippen LogP contribution in [0.3, 0.4) is 0 Å². The first-order valence-electron chi connectivity index (χ1n) is 8.57. The molecule has 2 nitrogen and oxygen atoms in total. The lowest BCUT2D eigenvalue weighted by atomic mass is 10.0. The molecule has 1 heterocycles. The largest absolute Gasteiger partial charge is 0.490 e. The van der Waals surface area contributed by atoms with Crippen LogP contribution in [-0.2, 0) is 12.8 Å². The smallest absolute Gasteiger partial charge is 0.137 e. The quantitative estimate of drug-likeness (QED) is 0.489. The van der Waals surface area contributed by atoms with E-state index in [2.05, 4.69) is 40.2 Å². The Hall–Kier alpha value is -1.97. The van der Waals surface area contributed by atoms with Crippen molar-refractivity contribution >= 4 is 27.5 Å². The van der Waals surface area contributed by atoms with Gasteiger partial charge in [-0.25, -0.2) is 0 Å². The molecule has 26 heavy (non-hydrogen) atoms. The molecule has 0 saturated heterocycles. The number of halogens is 2. The van der Waals surface area contributed by atoms with E-state index in [1.807, 2.05) is 42.5 Å². The monoisotopic (exact) mass is 428 g/mol. The second kappa shape index (κ2) is 7.73. The van der Waals surface area contributed by atoms with E-state index in [4.69, 9.17) is 21.1 Å². The van der Waals surface area contributed by atoms with Gasteiger partial charge in [-0.2, -0.15) is 0 Å². The third kappa shape index (κ3) is 4.05. The molecule has 1 unspecified atom stereocenters. The van der Waals surface area contributed by atoms with Gasteiger partial charge in [0, 0.05) is 15.9 Å². The summed E-state index contributed by atoms with van der Waals surface area (Å²) in [4.78, 5) is 0. The molecule has 0 saturated carbocycles. The van der Waals surface area contributed by atoms with Crippen LogP contribution in [0.4, 0.5) is 0 Å². The van der Waals surface area contributed by atoms with Gasteiger partial charge in [0.2, 0.25) is 0 Å². The van der Waals surface area contributed by atoms with Crippen molar-refractivity contribution < 1.29 is 9.47 Å². The van der Waals surface area contributed by atoms with Crippen molar-refractivity contribution in [1.82, 2.24) is 0 Å². The standard InChI is InChI=1S/C22H18BrClO2/c23-18-7-10-21(24)17(12-18)11-15-5-8-19(9-6-15)25-14-20-13-16-3-1-2-4-22(16)26-20/h1-10,12,20H,11,13-14H2. The van der Waals surface area contributed by atoms with Crippen molar-refractivity contribution in [1.29, 1.82) is 0 Å². The third-order valence-corrected chi connectivity index (χ3v) is 5.34. The average Bonchev–Trinajstić information content (AvgIpc) is 3.07. The predicted octanol–water partition coefficient (Wildman–Crippen LogP) is 6.08. The average molecular weight is 430 g/mol. The van der Waals surface area contributed by atoms with Gasteiger partial charge in [-0.3, -0.25) is 0 Å². The van der Waals surface area contributed by atoms with Crippen LogP contribution in [-0.4, -0.2) is 12.7 Å². The van der Waals surface area contributed by atoms with E-state index < -0.39 is 0 Å². The number of fused-ring (bicyclic) bond motifs is 1. The van der Waals surface area contributed by atoms with Crippen molar-refractivity contribution in [3.63, 3.8) is 0 Å². The first-order chi connectivity index (χ1) is 12.7. The van der Waals surface area contributed by atoms with Gasteiger partial charge in [0.25, 0.3) is 0 Å². The summed E-state index contributed by atoms with van der Waals surface area (Å²) in [5, 5.41) is 0.784. The number of ether oxygens (including phenoxy) is 2. The van der Waals surface area contributed by atoms with E-state index in [0.29, 0.717) is 6.61 Å². The highest BCUT2D eigenvalue weighted by molar-refractivity contribution is 9.10. The first-order valence-corrected chi connectivity index (χ1v) is 9.75. The van der Waals surface area contributed by atoms with Crippen molar-refractivity contribution in [3.8, 4) is 11.5 Å². The van der Waals surface area contributed by atoms with E-state index in [1.54, 1.807) is 0 Å². The lowest BCUT2D eigenvalue weighted by molar-refractivity contribution is 0.148. The fraction of sp³-hybridized carbons (Fsp3) is 0.182. The van der Waals surface area contributed by atoms with Crippen LogP contribution in [0.5, 0.6) is 11.5 Å². The van der Waals surface area contributed by atoms with Crippen LogP contribution in [0.25, 0.3) is 0 Å². The fourth-order valence-electron chi connectivity index (χ4n) is 3.14. The zero-order chi connectivity index (χ0) is 17.9. The maximum atomic E-state index is 6.28. The molecule has 0 aliphatic carbocycles. The highest BCUT2D eigenvalue weighted by atomic mass is 79.9. The van der Waals surface area contributed by atoms with Crippen LogP contribution >= 0.6 is 27.5 Å². The van der Waals surface area contributed by atoms with Gasteiger partial charge in [0.05, 0.1) is 0 Å². The SMILES string of the molecule is Clc1ccc(Br)cc1Cc1ccc(OCC2Cc3ccccc3O2)cc1. The summed E-state index contributed by atoms with van der Waals surface area (Å²) < 4.78 is 12.9. The molecule has 0 bridgehead atoms. The molecule has 132 valence electrons. The van der Waals surface area contributed by atoms with Gasteiger partial charge in [-0.1, -0.05) is 57.9 Å². The van der Waals surface area contributed by atoms with E-state index >= 15 is 0 Å². The molecule has 0 aromatic heterocycles. The predicted molar refractivity (Wildman–Crippen MR) is 108 cm³/mol. The summed E-state index contributed by atoms with van der Waals surface area (Å²) >= 11 is 9.77. The Morgan fingerprint density at radius 2 is 1.85 bits per heavy atom. The number of rotatable bonds is 5. The van der Waals surface area contributed by atoms with E-state index in [9.17, 15) is 0 Å². The fourth-order valence-corrected chi connectivity index (χ4v) is 3.73. The summed E-state index contributed by atoms with van der Waals surface area (Å²) in [6.07, 6.45) is 1.77. The molecule has 0 radical (unpaired) electrons. The Morgan fingerprint density at radius 3 is 2.65 bits per heavy atom. The van der Waals surface area contributed by atoms with Crippen LogP contribution in [0.2, 0.25) is 5.02 Å². The van der Waals surface area contributed by atoms with Gasteiger partial charge in [-0.05, 0) is 59.5 Å². The molecule has 1 aliphatic rings. The molecule has 4 heteroatoms. The molecule has 0 N–H and O–H groups in total. The minimum Gasteiger partial charge on any atom is -0.490 e. The molecule has 0 amide bonds. The number of benzene rings is 3. The minimum atomic E-state index is 0.0764. The van der Waals surface area contributed by atoms with Crippen LogP contribution < -0.4 is 9.47 Å². The molecule has 3 aromatic carbocycles. The summed E-state index contributed by atoms with van der Waals surface area (Å²) in [7, 11) is 0. The Labute approximate surface area is 166 Å². The van der Waals surface area contributed by atoms with Crippen molar-refractivity contribution in [2.24, 2.45) is 0 Å². The van der Waals surface area contributed by atoms with Crippen LogP contribution in [0.15, 0.2) is 71.2 Å². The first kappa shape index (κ1) is 17.4. The van der Waals surface area contributed by atoms with Gasteiger partial charge in [0.1, 0.15) is 24.2 Å². The van der Waals surface area contributed by atoms with Crippen molar-refractivity contribution in [2.75, 3.05) is 6.61 Å². The van der Waals surface area contributed by atoms with Gasteiger partial charge < -0.3 is 9.47 Å². The summed E-state index contributed by atoms with van der Waals surface area (Å²) in [6.45, 7) is 0.547. The Bertz CT molecular complexity index is 883. The van der Waals surface area contributed by atoms with E-state index in [-0.39, 0.29) is 6.10 Å². The van der Waals surface area contributed by atoms with Gasteiger partial charge >= 0.3 is 0 Å². The summed E-state index contributed by atoms with van der Waals surface area (Å²) in [5.41, 5.74) is 3.55. The van der Waals surface area contributed by atoms with Gasteiger partial charge in [-0.15, -0.1) is 0 Å². The second-order valence-corrected chi connectivity index (χ2v) is 7.74. The molecular weight excluding hydrogens is 412 g/mol. The van der Waals surface area contributed by atoms with E-state index in [0.717, 1.165) is 39.4 Å². The zero-order valence-corrected chi connectivity index (χ0v) is 16.5. The molecule has 0 spiro atoms. The number of hydrogen-bond acceptors (Lipinski definition) is 2. The molecule has 3 aromatic rings. The summed E-state index contributed by atoms with van der Waals surface area (Å²) in [6, 6.07) is 22.3. The lowest BCUT2D eigenvalue weighted by Gasteiger charge is -2.13. The third-order valence-electron chi connectivity index (χ3n) is 4.48. The highest BCUT2D eigenvalue weighted by Gasteiger charge is 2.22. The van der Waals surface area contributed by atoms with Crippen LogP contribution in [0.1, 0.15) is 16.7 Å². The van der Waals surface area contributed by atoms with E-state index in [1.165, 1.54) is 11.1 Å². The minimum absolute atomic E-state index is 0.0764. The maximum absolute atomic E-state index is 6.28. The summed E-state index contributed by atoms with van der Waals surface area (Å²) in [5.74, 6) is 1.83. The second-order valence-electron chi connectivity index (χ2n) is 6.42. The normalized spacial score (nSPS) is 15.4. The molecule has 1 atom stereocenters. The topological polar surface area (TPSA) is 18.5 Å². The maximum Gasteiger partial charge on any atom is 0.137 e. The Morgan fingerprint density at radius 1 is 1.04 bits per heavy atom. The van der Waals surface area contributed by atoms with Crippen molar-refractivity contribution in [3.05, 3.63) is 92.9 Å². The number of para-hydroxylation sites is 1. The molecular formula is C22H18BrClO2. The molecule has 0 fully saturated rings. The Balaban J connectivity index is 1.34. The molecule has 4 rings (SSSR count). The Kier molecular flexibility index (Phi) is 5.18. The zero-order valence-electron chi connectivity index (χ0n) is 14.1. The number of hydrogen-bond donors (Lipinski definition) is 0. The van der Waals surface area contributed by atoms with Gasteiger partial charge in [0.15, 0.2) is 0 Å². The highest BCUT2D eigenvalue weighted by Crippen LogP contribution is 2.29. The van der Waals surface area contributed by atoms with Crippen molar-refractivity contribution in [2.45, 2.75) is 18.9 Å². The van der Waals surface area contributed by atoms with Crippen LogP contribution in [0, 0.1) is 0 Å². The molecule has 1 aliphatic heterocycles.